The molecule has 2 unspecified atom stereocenters. The van der Waals surface area contributed by atoms with Gasteiger partial charge in [-0.3, -0.25) is 0 Å². The molecule has 0 amide bonds. The highest BCUT2D eigenvalue weighted by atomic mass is 16.5. The Morgan fingerprint density at radius 2 is 1.70 bits per heavy atom. The third-order valence-electron chi connectivity index (χ3n) is 8.95. The maximum absolute atomic E-state index is 11.1. The summed E-state index contributed by atoms with van der Waals surface area (Å²) in [6.45, 7) is 4.12. The molecule has 1 aliphatic carbocycles. The highest BCUT2D eigenvalue weighted by Gasteiger charge is 2.39. The van der Waals surface area contributed by atoms with Crippen molar-refractivity contribution in [1.82, 2.24) is 14.8 Å². The van der Waals surface area contributed by atoms with Gasteiger partial charge in [-0.2, -0.15) is 0 Å². The molecular formula is C34H46N4O2. The van der Waals surface area contributed by atoms with E-state index in [0.29, 0.717) is 6.04 Å². The normalized spacial score (nSPS) is 20.8. The van der Waals surface area contributed by atoms with Gasteiger partial charge in [-0.05, 0) is 74.4 Å². The minimum absolute atomic E-state index is 0.170. The van der Waals surface area contributed by atoms with Crippen LogP contribution in [0.2, 0.25) is 0 Å². The average Bonchev–Trinajstić information content (AvgIpc) is 3.11. The van der Waals surface area contributed by atoms with Gasteiger partial charge in [0.1, 0.15) is 11.6 Å². The molecule has 3 aromatic rings. The lowest BCUT2D eigenvalue weighted by atomic mass is 9.72. The first-order chi connectivity index (χ1) is 19.4. The molecule has 2 fully saturated rings. The Balaban J connectivity index is 0.000000161. The van der Waals surface area contributed by atoms with Crippen molar-refractivity contribution in [1.29, 1.82) is 0 Å². The minimum Gasteiger partial charge on any atom is -0.497 e. The second-order valence-corrected chi connectivity index (χ2v) is 12.1. The number of anilines is 1. The van der Waals surface area contributed by atoms with Crippen LogP contribution in [0.25, 0.3) is 0 Å². The second-order valence-electron chi connectivity index (χ2n) is 12.1. The quantitative estimate of drug-likeness (QED) is 0.459. The zero-order valence-electron chi connectivity index (χ0n) is 24.7. The predicted molar refractivity (Wildman–Crippen MR) is 163 cm³/mol. The van der Waals surface area contributed by atoms with E-state index in [2.05, 4.69) is 89.4 Å². The summed E-state index contributed by atoms with van der Waals surface area (Å²) >= 11 is 0. The summed E-state index contributed by atoms with van der Waals surface area (Å²) in [4.78, 5) is 11.8. The van der Waals surface area contributed by atoms with Crippen LogP contribution in [0.5, 0.6) is 5.75 Å². The number of aliphatic hydroxyl groups is 1. The van der Waals surface area contributed by atoms with Crippen molar-refractivity contribution < 1.29 is 9.84 Å². The van der Waals surface area contributed by atoms with Gasteiger partial charge in [0.25, 0.3) is 0 Å². The molecule has 1 aromatic heterocycles. The molecule has 2 atom stereocenters. The third kappa shape index (κ3) is 6.35. The van der Waals surface area contributed by atoms with E-state index in [1.54, 1.807) is 7.11 Å². The Hall–Kier alpha value is -2.93. The molecule has 40 heavy (non-hydrogen) atoms. The third-order valence-corrected chi connectivity index (χ3v) is 8.95. The Kier molecular flexibility index (Phi) is 9.09. The smallest absolute Gasteiger partial charge is 0.132 e. The van der Waals surface area contributed by atoms with Crippen molar-refractivity contribution in [2.45, 2.75) is 56.1 Å². The molecule has 3 heterocycles. The zero-order valence-corrected chi connectivity index (χ0v) is 24.7. The fourth-order valence-corrected chi connectivity index (χ4v) is 6.79. The SMILES string of the molecule is CN1CCN2c3ncccc3Cc3ccccc3C2C1.COc1ccc(C(CN(C)C)C2(O)CCCCC2)cc1. The first-order valence-corrected chi connectivity index (χ1v) is 14.9. The molecule has 6 nitrogen and oxygen atoms in total. The van der Waals surface area contributed by atoms with E-state index in [1.807, 2.05) is 18.3 Å². The Morgan fingerprint density at radius 1 is 0.975 bits per heavy atom. The van der Waals surface area contributed by atoms with Crippen molar-refractivity contribution in [2.75, 3.05) is 59.3 Å². The summed E-state index contributed by atoms with van der Waals surface area (Å²) < 4.78 is 5.23. The van der Waals surface area contributed by atoms with Crippen LogP contribution in [0.1, 0.15) is 66.3 Å². The Bertz CT molecular complexity index is 1240. The van der Waals surface area contributed by atoms with Gasteiger partial charge in [-0.25, -0.2) is 4.98 Å². The van der Waals surface area contributed by atoms with Crippen LogP contribution in [0.4, 0.5) is 5.82 Å². The van der Waals surface area contributed by atoms with E-state index in [4.69, 9.17) is 4.74 Å². The van der Waals surface area contributed by atoms with Crippen LogP contribution in [0.3, 0.4) is 0 Å². The molecule has 0 radical (unpaired) electrons. The number of benzene rings is 2. The molecule has 6 heteroatoms. The van der Waals surface area contributed by atoms with Gasteiger partial charge in [0.05, 0.1) is 18.8 Å². The molecule has 0 spiro atoms. The molecular weight excluding hydrogens is 496 g/mol. The highest BCUT2D eigenvalue weighted by molar-refractivity contribution is 5.56. The van der Waals surface area contributed by atoms with Gasteiger partial charge < -0.3 is 24.5 Å². The maximum Gasteiger partial charge on any atom is 0.132 e. The number of piperazine rings is 1. The van der Waals surface area contributed by atoms with E-state index < -0.39 is 5.60 Å². The summed E-state index contributed by atoms with van der Waals surface area (Å²) in [7, 11) is 8.04. The lowest BCUT2D eigenvalue weighted by Crippen LogP contribution is -2.47. The first kappa shape index (κ1) is 28.6. The maximum atomic E-state index is 11.1. The van der Waals surface area contributed by atoms with Gasteiger partial charge in [-0.1, -0.05) is 61.7 Å². The minimum atomic E-state index is -0.558. The molecule has 2 aliphatic heterocycles. The van der Waals surface area contributed by atoms with Gasteiger partial charge in [0, 0.05) is 44.7 Å². The number of likely N-dealkylation sites (N-methyl/N-ethyl adjacent to an activating group) is 2. The monoisotopic (exact) mass is 542 g/mol. The van der Waals surface area contributed by atoms with Crippen molar-refractivity contribution >= 4 is 5.82 Å². The number of rotatable bonds is 5. The van der Waals surface area contributed by atoms with Crippen LogP contribution in [0, 0.1) is 0 Å². The van der Waals surface area contributed by atoms with Crippen LogP contribution in [-0.4, -0.2) is 79.9 Å². The Labute approximate surface area is 240 Å². The highest BCUT2D eigenvalue weighted by Crippen LogP contribution is 2.41. The van der Waals surface area contributed by atoms with Crippen molar-refractivity contribution in [3.63, 3.8) is 0 Å². The lowest BCUT2D eigenvalue weighted by Gasteiger charge is -2.41. The van der Waals surface area contributed by atoms with E-state index >= 15 is 0 Å². The van der Waals surface area contributed by atoms with E-state index in [9.17, 15) is 5.11 Å². The summed E-state index contributed by atoms with van der Waals surface area (Å²) in [5, 5.41) is 11.1. The fourth-order valence-electron chi connectivity index (χ4n) is 6.79. The van der Waals surface area contributed by atoms with E-state index in [-0.39, 0.29) is 5.92 Å². The number of pyridine rings is 1. The lowest BCUT2D eigenvalue weighted by molar-refractivity contribution is -0.0277. The van der Waals surface area contributed by atoms with Gasteiger partial charge in [0.15, 0.2) is 0 Å². The van der Waals surface area contributed by atoms with Crippen LogP contribution >= 0.6 is 0 Å². The molecule has 214 valence electrons. The van der Waals surface area contributed by atoms with Crippen LogP contribution in [0.15, 0.2) is 66.9 Å². The van der Waals surface area contributed by atoms with Crippen LogP contribution in [-0.2, 0) is 6.42 Å². The first-order valence-electron chi connectivity index (χ1n) is 14.9. The number of fused-ring (bicyclic) bond motifs is 5. The van der Waals surface area contributed by atoms with Crippen molar-refractivity contribution in [3.8, 4) is 5.75 Å². The predicted octanol–water partition coefficient (Wildman–Crippen LogP) is 5.51. The summed E-state index contributed by atoms with van der Waals surface area (Å²) in [6, 6.07) is 21.8. The Morgan fingerprint density at radius 3 is 2.42 bits per heavy atom. The second kappa shape index (κ2) is 12.7. The number of hydrogen-bond acceptors (Lipinski definition) is 6. The van der Waals surface area contributed by atoms with E-state index in [1.165, 1.54) is 34.5 Å². The molecule has 6 rings (SSSR count). The molecule has 0 bridgehead atoms. The number of methoxy groups -OCH3 is 1. The molecule has 1 saturated carbocycles. The number of hydrogen-bond donors (Lipinski definition) is 1. The summed E-state index contributed by atoms with van der Waals surface area (Å²) in [6.07, 6.45) is 8.27. The molecule has 1 N–H and O–H groups in total. The topological polar surface area (TPSA) is 52.1 Å². The van der Waals surface area contributed by atoms with Crippen LogP contribution < -0.4 is 9.64 Å². The van der Waals surface area contributed by atoms with Crippen molar-refractivity contribution in [2.24, 2.45) is 0 Å². The van der Waals surface area contributed by atoms with Gasteiger partial charge in [0.2, 0.25) is 0 Å². The molecule has 2 aromatic carbocycles. The van der Waals surface area contributed by atoms with Crippen molar-refractivity contribution in [3.05, 3.63) is 89.1 Å². The number of ether oxygens (including phenoxy) is 1. The molecule has 3 aliphatic rings. The zero-order chi connectivity index (χ0) is 28.1. The van der Waals surface area contributed by atoms with E-state index in [0.717, 1.165) is 64.0 Å². The molecule has 1 saturated heterocycles. The standard InChI is InChI=1S/C17H19N3.C17H27NO2/c1-19-9-10-20-16(12-19)15-7-3-2-5-13(15)11-14-6-4-8-18-17(14)20;1-18(2)13-16(17(19)11-5-4-6-12-17)14-7-9-15(20-3)10-8-14/h2-8,16H,9-12H2,1H3;7-10,16,19H,4-6,11-13H2,1-3H3. The number of aromatic nitrogens is 1. The fraction of sp³-hybridized carbons (Fsp3) is 0.500. The van der Waals surface area contributed by atoms with Gasteiger partial charge in [-0.15, -0.1) is 0 Å². The van der Waals surface area contributed by atoms with Gasteiger partial charge >= 0.3 is 0 Å². The number of nitrogens with zero attached hydrogens (tertiary/aromatic N) is 4. The average molecular weight is 543 g/mol. The largest absolute Gasteiger partial charge is 0.497 e. The summed E-state index contributed by atoms with van der Waals surface area (Å²) in [5.74, 6) is 2.22. The summed E-state index contributed by atoms with van der Waals surface area (Å²) in [5.41, 5.74) is 4.93.